The van der Waals surface area contributed by atoms with Crippen molar-refractivity contribution in [3.63, 3.8) is 0 Å². The SMILES string of the molecule is CC(C)=O.CCC.CCC(C)=O.CCCOC.CCOC.CNC(C)=O.CNS(C)(=O)=O.COC.CS(C)(=O)=O. The summed E-state index contributed by atoms with van der Waals surface area (Å²) in [4.78, 5) is 29.0. The van der Waals surface area contributed by atoms with Crippen molar-refractivity contribution in [2.45, 2.75) is 81.6 Å². The molecule has 0 saturated carbocycles. The highest BCUT2D eigenvalue weighted by atomic mass is 32.2. The van der Waals surface area contributed by atoms with Crippen LogP contribution < -0.4 is 10.0 Å². The third-order valence-corrected chi connectivity index (χ3v) is 2.66. The molecule has 0 fully saturated rings. The van der Waals surface area contributed by atoms with E-state index < -0.39 is 19.9 Å². The number of rotatable bonds is 5. The largest absolute Gasteiger partial charge is 0.388 e. The Bertz CT molecular complexity index is 637. The molecule has 0 spiro atoms. The van der Waals surface area contributed by atoms with Gasteiger partial charge < -0.3 is 29.1 Å². The van der Waals surface area contributed by atoms with Gasteiger partial charge >= 0.3 is 0 Å². The standard InChI is InChI=1S/C4H10O.C4H8O.C3H7NO.C3H8O.C3H6O.C3H8.C2H7NO2S.C2H6O2S.C2H6O/c1-3-4-5-2;1-3-4(2)5;1-3(5)4-2;1-3-4-2;1-3(2)4;1-3-2;1-3-6(2,4)5;1-5(2,3)4;1-3-2/h3-4H2,1-2H3;3H2,1-2H3;1-2H3,(H,4,5);3H2,1-2H3;1-2H3;3H2,1-2H3;3H,1-2H3;1-2H3;1-2H3. The zero-order chi connectivity index (χ0) is 34.8. The Morgan fingerprint density at radius 3 is 0.875 bits per heavy atom. The molecule has 12 nitrogen and oxygen atoms in total. The molecular formula is C26H66N2O10S2. The smallest absolute Gasteiger partial charge is 0.216 e. The molecule has 0 heterocycles. The van der Waals surface area contributed by atoms with Gasteiger partial charge in [0.05, 0.1) is 6.26 Å². The molecule has 0 aliphatic heterocycles. The van der Waals surface area contributed by atoms with Crippen molar-refractivity contribution in [3.05, 3.63) is 0 Å². The molecule has 0 aliphatic rings. The lowest BCUT2D eigenvalue weighted by Gasteiger charge is -1.85. The summed E-state index contributed by atoms with van der Waals surface area (Å²) in [6.45, 7) is 18.0. The van der Waals surface area contributed by atoms with Crippen LogP contribution >= 0.6 is 0 Å². The lowest BCUT2D eigenvalue weighted by atomic mass is 10.4. The first-order valence-corrected chi connectivity index (χ1v) is 16.7. The van der Waals surface area contributed by atoms with Crippen LogP contribution in [0.15, 0.2) is 0 Å². The molecule has 0 atom stereocenters. The fourth-order valence-electron chi connectivity index (χ4n) is 0.204. The van der Waals surface area contributed by atoms with Crippen molar-refractivity contribution in [2.75, 3.05) is 74.5 Å². The van der Waals surface area contributed by atoms with E-state index in [0.29, 0.717) is 6.42 Å². The zero-order valence-corrected chi connectivity index (χ0v) is 30.6. The van der Waals surface area contributed by atoms with E-state index in [1.165, 1.54) is 34.2 Å². The van der Waals surface area contributed by atoms with Gasteiger partial charge in [-0.1, -0.05) is 34.1 Å². The Balaban J connectivity index is -0.0000000389. The Labute approximate surface area is 248 Å². The van der Waals surface area contributed by atoms with Crippen molar-refractivity contribution in [3.8, 4) is 0 Å². The van der Waals surface area contributed by atoms with Gasteiger partial charge in [-0.25, -0.2) is 21.6 Å². The molecule has 0 aliphatic carbocycles. The first-order valence-electron chi connectivity index (χ1n) is 12.6. The number of methoxy groups -OCH3 is 3. The summed E-state index contributed by atoms with van der Waals surface area (Å²) >= 11 is 0. The summed E-state index contributed by atoms with van der Waals surface area (Å²) in [5.41, 5.74) is 0. The average Bonchev–Trinajstić information content (AvgIpc) is 2.80. The van der Waals surface area contributed by atoms with Crippen LogP contribution in [0.1, 0.15) is 81.6 Å². The van der Waals surface area contributed by atoms with Crippen molar-refractivity contribution < 1.29 is 45.4 Å². The number of sulfonamides is 1. The molecule has 40 heavy (non-hydrogen) atoms. The molecule has 0 aromatic carbocycles. The topological polar surface area (TPSA) is 171 Å². The van der Waals surface area contributed by atoms with Gasteiger partial charge in [0, 0.05) is 74.6 Å². The fourth-order valence-corrected chi connectivity index (χ4v) is 0.204. The van der Waals surface area contributed by atoms with Crippen molar-refractivity contribution in [2.24, 2.45) is 0 Å². The van der Waals surface area contributed by atoms with Gasteiger partial charge in [0.15, 0.2) is 0 Å². The minimum Gasteiger partial charge on any atom is -0.388 e. The molecule has 0 aromatic rings. The second-order valence-corrected chi connectivity index (χ2v) is 11.8. The molecule has 0 unspecified atom stereocenters. The normalized spacial score (nSPS) is 8.35. The predicted molar refractivity (Wildman–Crippen MR) is 170 cm³/mol. The van der Waals surface area contributed by atoms with Gasteiger partial charge in [0.1, 0.15) is 21.4 Å². The van der Waals surface area contributed by atoms with E-state index in [4.69, 9.17) is 4.74 Å². The van der Waals surface area contributed by atoms with Gasteiger partial charge in [0.25, 0.3) is 0 Å². The number of hydrogen-bond acceptors (Lipinski definition) is 10. The third kappa shape index (κ3) is 632. The van der Waals surface area contributed by atoms with Gasteiger partial charge in [-0.3, -0.25) is 4.79 Å². The van der Waals surface area contributed by atoms with Crippen LogP contribution in [0.25, 0.3) is 0 Å². The molecule has 1 amide bonds. The van der Waals surface area contributed by atoms with Gasteiger partial charge in [-0.2, -0.15) is 0 Å². The van der Waals surface area contributed by atoms with Crippen molar-refractivity contribution in [1.29, 1.82) is 0 Å². The lowest BCUT2D eigenvalue weighted by Crippen LogP contribution is -2.15. The molecule has 2 N–H and O–H groups in total. The van der Waals surface area contributed by atoms with E-state index in [-0.39, 0.29) is 17.5 Å². The Kier molecular flexibility index (Phi) is 89.4. The number of nitrogens with one attached hydrogen (secondary N) is 2. The maximum Gasteiger partial charge on any atom is 0.216 e. The molecule has 0 bridgehead atoms. The van der Waals surface area contributed by atoms with Crippen LogP contribution in [0, 0.1) is 0 Å². The Hall–Kier alpha value is -1.45. The van der Waals surface area contributed by atoms with E-state index in [2.05, 4.69) is 40.3 Å². The first kappa shape index (κ1) is 62.2. The molecule has 0 radical (unpaired) electrons. The number of amides is 1. The highest BCUT2D eigenvalue weighted by Gasteiger charge is 1.88. The molecule has 0 saturated heterocycles. The number of Topliss-reactive ketones (excluding diaryl/α,β-unsaturated/α-hetero) is 2. The monoisotopic (exact) mass is 630 g/mol. The first-order chi connectivity index (χ1) is 18.0. The average molecular weight is 631 g/mol. The van der Waals surface area contributed by atoms with Crippen LogP contribution in [-0.2, 0) is 48.5 Å². The second-order valence-electron chi connectivity index (χ2n) is 7.57. The Morgan fingerprint density at radius 2 is 0.875 bits per heavy atom. The fraction of sp³-hybridized carbons (Fsp3) is 0.885. The molecule has 14 heteroatoms. The quantitative estimate of drug-likeness (QED) is 0.458. The third-order valence-electron chi connectivity index (χ3n) is 1.92. The number of ketones is 2. The summed E-state index contributed by atoms with van der Waals surface area (Å²) in [7, 11) is 4.03. The molecule has 0 rings (SSSR count). The highest BCUT2D eigenvalue weighted by molar-refractivity contribution is 7.90. The van der Waals surface area contributed by atoms with Crippen LogP contribution in [0.4, 0.5) is 0 Å². The maximum atomic E-state index is 9.89. The minimum atomic E-state index is -2.91. The minimum absolute atomic E-state index is 0.00463. The zero-order valence-electron chi connectivity index (χ0n) is 28.9. The van der Waals surface area contributed by atoms with E-state index in [0.717, 1.165) is 38.4 Å². The number of carbonyl (C=O) groups excluding carboxylic acids is 3. The summed E-state index contributed by atoms with van der Waals surface area (Å²) in [6.07, 6.45) is 6.46. The number of ether oxygens (including phenoxy) is 3. The number of carbonyl (C=O) groups is 3. The maximum absolute atomic E-state index is 9.89. The van der Waals surface area contributed by atoms with E-state index >= 15 is 0 Å². The molecule has 0 aromatic heterocycles. The van der Waals surface area contributed by atoms with E-state index in [9.17, 15) is 31.2 Å². The highest BCUT2D eigenvalue weighted by Crippen LogP contribution is 1.71. The van der Waals surface area contributed by atoms with E-state index in [1.807, 2.05) is 13.8 Å². The van der Waals surface area contributed by atoms with Gasteiger partial charge in [-0.05, 0) is 41.2 Å². The summed E-state index contributed by atoms with van der Waals surface area (Å²) in [5, 5.41) is 2.39. The summed E-state index contributed by atoms with van der Waals surface area (Å²) in [6, 6.07) is 0. The second kappa shape index (κ2) is 57.4. The van der Waals surface area contributed by atoms with Crippen molar-refractivity contribution >= 4 is 37.3 Å². The predicted octanol–water partition coefficient (Wildman–Crippen LogP) is 3.53. The summed E-state index contributed by atoms with van der Waals surface area (Å²) in [5.74, 6) is 0.426. The van der Waals surface area contributed by atoms with Crippen LogP contribution in [0.2, 0.25) is 0 Å². The van der Waals surface area contributed by atoms with Gasteiger partial charge in [0.2, 0.25) is 15.9 Å². The molecule has 252 valence electrons. The Morgan fingerprint density at radius 1 is 0.700 bits per heavy atom. The van der Waals surface area contributed by atoms with Gasteiger partial charge in [-0.15, -0.1) is 0 Å². The number of hydrogen-bond donors (Lipinski definition) is 2. The molecular weight excluding hydrogens is 564 g/mol. The van der Waals surface area contributed by atoms with Crippen LogP contribution in [0.3, 0.4) is 0 Å². The van der Waals surface area contributed by atoms with Crippen molar-refractivity contribution in [1.82, 2.24) is 10.0 Å². The number of sulfone groups is 1. The van der Waals surface area contributed by atoms with Crippen LogP contribution in [0.5, 0.6) is 0 Å². The van der Waals surface area contributed by atoms with Crippen LogP contribution in [-0.4, -0.2) is 109 Å². The summed E-state index contributed by atoms with van der Waals surface area (Å²) < 4.78 is 54.6. The van der Waals surface area contributed by atoms with E-state index in [1.54, 1.807) is 42.4 Å². The lowest BCUT2D eigenvalue weighted by molar-refractivity contribution is -0.118.